The van der Waals surface area contributed by atoms with E-state index < -0.39 is 0 Å². The van der Waals surface area contributed by atoms with Crippen molar-refractivity contribution in [2.24, 2.45) is 0 Å². The van der Waals surface area contributed by atoms with E-state index in [1.54, 1.807) is 0 Å². The maximum Gasteiger partial charge on any atom is 0.239 e. The van der Waals surface area contributed by atoms with Gasteiger partial charge in [-0.05, 0) is 26.3 Å². The Morgan fingerprint density at radius 2 is 1.80 bits per heavy atom. The molecule has 0 aliphatic carbocycles. The van der Waals surface area contributed by atoms with Gasteiger partial charge < -0.3 is 10.0 Å². The second-order valence-corrected chi connectivity index (χ2v) is 4.87. The van der Waals surface area contributed by atoms with Crippen molar-refractivity contribution in [3.8, 4) is 0 Å². The molecule has 4 nitrogen and oxygen atoms in total. The van der Waals surface area contributed by atoms with Crippen LogP contribution in [0.4, 0.5) is 0 Å². The van der Waals surface area contributed by atoms with Crippen LogP contribution in [0.2, 0.25) is 0 Å². The number of rotatable bonds is 8. The highest BCUT2D eigenvalue weighted by molar-refractivity contribution is 5.81. The molecule has 1 atom stereocenters. The van der Waals surface area contributed by atoms with Gasteiger partial charge in [-0.1, -0.05) is 30.3 Å². The SMILES string of the molecule is CCN(CC)C(=O)C(C)N(CCO)Cc1ccccc1. The van der Waals surface area contributed by atoms with Gasteiger partial charge in [0.15, 0.2) is 0 Å². The average molecular weight is 278 g/mol. The molecule has 1 aromatic rings. The fraction of sp³-hybridized carbons (Fsp3) is 0.562. The Balaban J connectivity index is 2.76. The molecule has 0 saturated carbocycles. The first-order chi connectivity index (χ1) is 9.63. The third-order valence-corrected chi connectivity index (χ3v) is 3.60. The number of benzene rings is 1. The summed E-state index contributed by atoms with van der Waals surface area (Å²) in [5.41, 5.74) is 1.15. The Kier molecular flexibility index (Phi) is 7.26. The molecular weight excluding hydrogens is 252 g/mol. The number of nitrogens with zero attached hydrogens (tertiary/aromatic N) is 2. The lowest BCUT2D eigenvalue weighted by Gasteiger charge is -2.31. The van der Waals surface area contributed by atoms with Gasteiger partial charge in [-0.15, -0.1) is 0 Å². The molecule has 1 rings (SSSR count). The van der Waals surface area contributed by atoms with Crippen molar-refractivity contribution in [3.05, 3.63) is 35.9 Å². The van der Waals surface area contributed by atoms with Gasteiger partial charge >= 0.3 is 0 Å². The van der Waals surface area contributed by atoms with E-state index in [-0.39, 0.29) is 18.6 Å². The highest BCUT2D eigenvalue weighted by Gasteiger charge is 2.24. The van der Waals surface area contributed by atoms with E-state index in [0.29, 0.717) is 13.1 Å². The number of hydrogen-bond acceptors (Lipinski definition) is 3. The van der Waals surface area contributed by atoms with E-state index >= 15 is 0 Å². The van der Waals surface area contributed by atoms with Crippen LogP contribution in [0.25, 0.3) is 0 Å². The summed E-state index contributed by atoms with van der Waals surface area (Å²) in [6, 6.07) is 9.82. The minimum absolute atomic E-state index is 0.0582. The number of carbonyl (C=O) groups is 1. The molecule has 4 heteroatoms. The third-order valence-electron chi connectivity index (χ3n) is 3.60. The topological polar surface area (TPSA) is 43.8 Å². The molecule has 112 valence electrons. The normalized spacial score (nSPS) is 12.4. The Bertz CT molecular complexity index is 391. The summed E-state index contributed by atoms with van der Waals surface area (Å²) in [4.78, 5) is 16.3. The van der Waals surface area contributed by atoms with E-state index in [1.165, 1.54) is 0 Å². The van der Waals surface area contributed by atoms with Gasteiger partial charge in [-0.3, -0.25) is 9.69 Å². The fourth-order valence-corrected chi connectivity index (χ4v) is 2.31. The van der Waals surface area contributed by atoms with Gasteiger partial charge in [-0.25, -0.2) is 0 Å². The summed E-state index contributed by atoms with van der Waals surface area (Å²) >= 11 is 0. The van der Waals surface area contributed by atoms with Crippen LogP contribution in [0.1, 0.15) is 26.3 Å². The molecule has 0 aromatic heterocycles. The van der Waals surface area contributed by atoms with E-state index in [1.807, 2.05) is 60.9 Å². The molecule has 1 unspecified atom stereocenters. The van der Waals surface area contributed by atoms with Crippen LogP contribution >= 0.6 is 0 Å². The van der Waals surface area contributed by atoms with Crippen molar-refractivity contribution < 1.29 is 9.90 Å². The molecule has 0 aliphatic rings. The van der Waals surface area contributed by atoms with Crippen LogP contribution in [0.3, 0.4) is 0 Å². The Morgan fingerprint density at radius 1 is 1.20 bits per heavy atom. The number of hydrogen-bond donors (Lipinski definition) is 1. The third kappa shape index (κ3) is 4.62. The first kappa shape index (κ1) is 16.7. The lowest BCUT2D eigenvalue weighted by atomic mass is 10.1. The lowest BCUT2D eigenvalue weighted by Crippen LogP contribution is -2.47. The fourth-order valence-electron chi connectivity index (χ4n) is 2.31. The van der Waals surface area contributed by atoms with Gasteiger partial charge in [0.25, 0.3) is 0 Å². The minimum Gasteiger partial charge on any atom is -0.395 e. The van der Waals surface area contributed by atoms with E-state index in [0.717, 1.165) is 18.7 Å². The molecule has 0 aliphatic heterocycles. The van der Waals surface area contributed by atoms with Gasteiger partial charge in [0.1, 0.15) is 0 Å². The molecule has 1 aromatic carbocycles. The predicted molar refractivity (Wildman–Crippen MR) is 81.3 cm³/mol. The zero-order valence-corrected chi connectivity index (χ0v) is 12.7. The summed E-state index contributed by atoms with van der Waals surface area (Å²) in [6.07, 6.45) is 0. The molecule has 1 N–H and O–H groups in total. The first-order valence-electron chi connectivity index (χ1n) is 7.31. The standard InChI is InChI=1S/C16H26N2O2/c1-4-17(5-2)16(20)14(3)18(11-12-19)13-15-9-7-6-8-10-15/h6-10,14,19H,4-5,11-13H2,1-3H3. The van der Waals surface area contributed by atoms with Crippen molar-refractivity contribution in [1.29, 1.82) is 0 Å². The minimum atomic E-state index is -0.220. The van der Waals surface area contributed by atoms with E-state index in [9.17, 15) is 9.90 Å². The number of amides is 1. The molecule has 0 bridgehead atoms. The highest BCUT2D eigenvalue weighted by Crippen LogP contribution is 2.10. The van der Waals surface area contributed by atoms with Crippen molar-refractivity contribution in [2.75, 3.05) is 26.2 Å². The number of aliphatic hydroxyl groups is 1. The van der Waals surface area contributed by atoms with Gasteiger partial charge in [-0.2, -0.15) is 0 Å². The van der Waals surface area contributed by atoms with Crippen molar-refractivity contribution in [1.82, 2.24) is 9.80 Å². The van der Waals surface area contributed by atoms with Crippen LogP contribution < -0.4 is 0 Å². The summed E-state index contributed by atoms with van der Waals surface area (Å²) < 4.78 is 0. The molecule has 0 saturated heterocycles. The van der Waals surface area contributed by atoms with E-state index in [2.05, 4.69) is 0 Å². The number of carbonyl (C=O) groups excluding carboxylic acids is 1. The van der Waals surface area contributed by atoms with Crippen LogP contribution in [-0.2, 0) is 11.3 Å². The van der Waals surface area contributed by atoms with Crippen LogP contribution in [0, 0.1) is 0 Å². The maximum atomic E-state index is 12.4. The zero-order chi connectivity index (χ0) is 15.0. The van der Waals surface area contributed by atoms with Gasteiger partial charge in [0.2, 0.25) is 5.91 Å². The van der Waals surface area contributed by atoms with Crippen LogP contribution in [0.5, 0.6) is 0 Å². The Labute approximate surface area is 122 Å². The summed E-state index contributed by atoms with van der Waals surface area (Å²) in [5.74, 6) is 0.124. The average Bonchev–Trinajstić information content (AvgIpc) is 2.48. The van der Waals surface area contributed by atoms with E-state index in [4.69, 9.17) is 0 Å². The molecule has 0 fully saturated rings. The lowest BCUT2D eigenvalue weighted by molar-refractivity contribution is -0.136. The molecule has 20 heavy (non-hydrogen) atoms. The Hall–Kier alpha value is -1.39. The molecule has 0 radical (unpaired) electrons. The quantitative estimate of drug-likeness (QED) is 0.787. The smallest absolute Gasteiger partial charge is 0.239 e. The molecular formula is C16H26N2O2. The summed E-state index contributed by atoms with van der Waals surface area (Å²) in [6.45, 7) is 8.57. The van der Waals surface area contributed by atoms with Gasteiger partial charge in [0, 0.05) is 26.2 Å². The number of likely N-dealkylation sites (N-methyl/N-ethyl adjacent to an activating group) is 1. The predicted octanol–water partition coefficient (Wildman–Crippen LogP) is 1.74. The Morgan fingerprint density at radius 3 is 2.30 bits per heavy atom. The first-order valence-corrected chi connectivity index (χ1v) is 7.31. The summed E-state index contributed by atoms with van der Waals surface area (Å²) in [7, 11) is 0. The monoisotopic (exact) mass is 278 g/mol. The second-order valence-electron chi connectivity index (χ2n) is 4.87. The highest BCUT2D eigenvalue weighted by atomic mass is 16.3. The van der Waals surface area contributed by atoms with Crippen molar-refractivity contribution in [3.63, 3.8) is 0 Å². The zero-order valence-electron chi connectivity index (χ0n) is 12.7. The maximum absolute atomic E-state index is 12.4. The van der Waals surface area contributed by atoms with Crippen molar-refractivity contribution in [2.45, 2.75) is 33.4 Å². The largest absolute Gasteiger partial charge is 0.395 e. The van der Waals surface area contributed by atoms with Crippen LogP contribution in [0.15, 0.2) is 30.3 Å². The molecule has 1 amide bonds. The number of aliphatic hydroxyl groups excluding tert-OH is 1. The molecule has 0 spiro atoms. The van der Waals surface area contributed by atoms with Gasteiger partial charge in [0.05, 0.1) is 12.6 Å². The van der Waals surface area contributed by atoms with Crippen LogP contribution in [-0.4, -0.2) is 53.1 Å². The second kappa shape index (κ2) is 8.72. The summed E-state index contributed by atoms with van der Waals surface area (Å²) in [5, 5.41) is 9.23. The molecule has 0 heterocycles. The van der Waals surface area contributed by atoms with Crippen molar-refractivity contribution >= 4 is 5.91 Å².